The van der Waals surface area contributed by atoms with Gasteiger partial charge in [0, 0.05) is 10.8 Å². The monoisotopic (exact) mass is 337 g/mol. The molecule has 1 heterocycles. The van der Waals surface area contributed by atoms with Gasteiger partial charge in [0.05, 0.1) is 0 Å². The van der Waals surface area contributed by atoms with E-state index in [0.29, 0.717) is 19.0 Å². The summed E-state index contributed by atoms with van der Waals surface area (Å²) < 4.78 is 11.4. The molecular weight excluding hydrogens is 323 g/mol. The maximum Gasteiger partial charge on any atom is 0.569 e. The zero-order chi connectivity index (χ0) is 17.5. The minimum absolute atomic E-state index is 0.499. The molecule has 0 unspecified atom stereocenters. The number of rotatable bonds is 3. The zero-order valence-corrected chi connectivity index (χ0v) is 13.8. The van der Waals surface area contributed by atoms with Gasteiger partial charge in [0.1, 0.15) is 11.3 Å². The molecule has 4 heteroatoms. The summed E-state index contributed by atoms with van der Waals surface area (Å²) in [4.78, 5) is 0. The minimum Gasteiger partial charge on any atom is -0.535 e. The Labute approximate surface area is 150 Å². The Morgan fingerprint density at radius 1 is 0.769 bits per heavy atom. The first-order valence-corrected chi connectivity index (χ1v) is 8.41. The Kier molecular flexibility index (Phi) is 3.44. The molecule has 0 spiro atoms. The largest absolute Gasteiger partial charge is 0.569 e. The summed E-state index contributed by atoms with van der Waals surface area (Å²) in [6.45, 7) is 0. The molecule has 5 aromatic rings. The summed E-state index contributed by atoms with van der Waals surface area (Å²) in [7, 11) is 0.687. The van der Waals surface area contributed by atoms with Crippen molar-refractivity contribution in [1.29, 1.82) is 0 Å². The Balaban J connectivity index is 1.90. The predicted molar refractivity (Wildman–Crippen MR) is 105 cm³/mol. The second kappa shape index (κ2) is 5.93. The highest BCUT2D eigenvalue weighted by Crippen LogP contribution is 2.41. The summed E-state index contributed by atoms with van der Waals surface area (Å²) in [5, 5.41) is 13.3. The molecule has 0 aliphatic heterocycles. The van der Waals surface area contributed by atoms with E-state index in [2.05, 4.69) is 30.3 Å². The average molecular weight is 337 g/mol. The smallest absolute Gasteiger partial charge is 0.535 e. The van der Waals surface area contributed by atoms with Crippen LogP contribution in [0, 0.1) is 0 Å². The lowest BCUT2D eigenvalue weighted by molar-refractivity contribution is 0.451. The molecule has 0 aliphatic rings. The maximum absolute atomic E-state index is 9.13. The zero-order valence-electron chi connectivity index (χ0n) is 13.8. The third-order valence-electron chi connectivity index (χ3n) is 4.72. The van der Waals surface area contributed by atoms with Gasteiger partial charge in [-0.3, -0.25) is 0 Å². The third-order valence-corrected chi connectivity index (χ3v) is 4.72. The number of hydrogen-bond acceptors (Lipinski definition) is 3. The highest BCUT2D eigenvalue weighted by molar-refractivity contribution is 6.23. The first-order valence-electron chi connectivity index (χ1n) is 8.41. The number of furan rings is 1. The van der Waals surface area contributed by atoms with Crippen molar-refractivity contribution < 1.29 is 14.1 Å². The molecular formula is C22H14BO3. The van der Waals surface area contributed by atoms with Crippen LogP contribution in [0.1, 0.15) is 0 Å². The van der Waals surface area contributed by atoms with Gasteiger partial charge in [0.15, 0.2) is 5.58 Å². The van der Waals surface area contributed by atoms with E-state index in [0.717, 1.165) is 38.3 Å². The Morgan fingerprint density at radius 2 is 1.58 bits per heavy atom. The molecule has 0 atom stereocenters. The molecule has 0 bridgehead atoms. The number of hydrogen-bond donors (Lipinski definition) is 1. The molecule has 5 rings (SSSR count). The first kappa shape index (κ1) is 15.1. The van der Waals surface area contributed by atoms with Gasteiger partial charge < -0.3 is 14.1 Å². The van der Waals surface area contributed by atoms with Gasteiger partial charge in [-0.15, -0.1) is 0 Å². The molecule has 4 aromatic carbocycles. The topological polar surface area (TPSA) is 42.6 Å². The van der Waals surface area contributed by atoms with E-state index in [1.165, 1.54) is 0 Å². The molecule has 0 saturated heterocycles. The van der Waals surface area contributed by atoms with Crippen molar-refractivity contribution in [3.05, 3.63) is 78.9 Å². The lowest BCUT2D eigenvalue weighted by Crippen LogP contribution is -1.99. The molecule has 1 radical (unpaired) electrons. The predicted octanol–water partition coefficient (Wildman–Crippen LogP) is 5.31. The summed E-state index contributed by atoms with van der Waals surface area (Å²) in [6.07, 6.45) is 0. The van der Waals surface area contributed by atoms with E-state index >= 15 is 0 Å². The molecule has 0 aliphatic carbocycles. The standard InChI is InChI=1S/C22H14BO3/c24-23-26-20-13-16-8-4-5-9-17(16)21-18-12-15(14-6-2-1-3-7-14)10-11-19(18)25-22(20)21/h1-13,24H. The van der Waals surface area contributed by atoms with Crippen LogP contribution in [-0.4, -0.2) is 12.7 Å². The van der Waals surface area contributed by atoms with Crippen molar-refractivity contribution in [1.82, 2.24) is 0 Å². The van der Waals surface area contributed by atoms with Crippen molar-refractivity contribution in [2.45, 2.75) is 0 Å². The summed E-state index contributed by atoms with van der Waals surface area (Å²) in [6, 6.07) is 26.4. The van der Waals surface area contributed by atoms with Crippen LogP contribution in [-0.2, 0) is 0 Å². The van der Waals surface area contributed by atoms with E-state index < -0.39 is 0 Å². The lowest BCUT2D eigenvalue weighted by Gasteiger charge is -2.06. The molecule has 26 heavy (non-hydrogen) atoms. The van der Waals surface area contributed by atoms with Crippen molar-refractivity contribution in [3.63, 3.8) is 0 Å². The van der Waals surface area contributed by atoms with Gasteiger partial charge in [0.2, 0.25) is 0 Å². The van der Waals surface area contributed by atoms with Crippen molar-refractivity contribution in [2.75, 3.05) is 0 Å². The summed E-state index contributed by atoms with van der Waals surface area (Å²) in [5.41, 5.74) is 3.71. The van der Waals surface area contributed by atoms with Crippen LogP contribution in [0.5, 0.6) is 5.75 Å². The number of benzene rings is 4. The van der Waals surface area contributed by atoms with E-state index in [-0.39, 0.29) is 0 Å². The highest BCUT2D eigenvalue weighted by Gasteiger charge is 2.16. The lowest BCUT2D eigenvalue weighted by atomic mass is 9.99. The fraction of sp³-hybridized carbons (Fsp3) is 0. The van der Waals surface area contributed by atoms with Gasteiger partial charge in [-0.2, -0.15) is 0 Å². The van der Waals surface area contributed by atoms with Crippen molar-refractivity contribution in [3.8, 4) is 16.9 Å². The molecule has 1 aromatic heterocycles. The van der Waals surface area contributed by atoms with Crippen LogP contribution in [0.4, 0.5) is 0 Å². The van der Waals surface area contributed by atoms with Crippen LogP contribution < -0.4 is 4.65 Å². The molecule has 3 nitrogen and oxygen atoms in total. The number of fused-ring (bicyclic) bond motifs is 5. The van der Waals surface area contributed by atoms with Gasteiger partial charge in [-0.1, -0.05) is 60.7 Å². The molecule has 1 N–H and O–H groups in total. The van der Waals surface area contributed by atoms with Gasteiger partial charge >= 0.3 is 7.69 Å². The Morgan fingerprint density at radius 3 is 2.42 bits per heavy atom. The van der Waals surface area contributed by atoms with E-state index in [1.54, 1.807) is 0 Å². The van der Waals surface area contributed by atoms with Crippen molar-refractivity contribution in [2.24, 2.45) is 0 Å². The summed E-state index contributed by atoms with van der Waals surface area (Å²) in [5.74, 6) is 0.499. The fourth-order valence-electron chi connectivity index (χ4n) is 3.55. The second-order valence-corrected chi connectivity index (χ2v) is 6.20. The second-order valence-electron chi connectivity index (χ2n) is 6.20. The minimum atomic E-state index is 0.499. The fourth-order valence-corrected chi connectivity index (χ4v) is 3.55. The molecule has 123 valence electrons. The molecule has 0 amide bonds. The van der Waals surface area contributed by atoms with E-state index in [9.17, 15) is 0 Å². The average Bonchev–Trinajstić information content (AvgIpc) is 3.08. The molecule has 0 saturated carbocycles. The summed E-state index contributed by atoms with van der Waals surface area (Å²) >= 11 is 0. The maximum atomic E-state index is 9.13. The van der Waals surface area contributed by atoms with Crippen LogP contribution in [0.25, 0.3) is 43.8 Å². The van der Waals surface area contributed by atoms with Crippen molar-refractivity contribution >= 4 is 40.4 Å². The van der Waals surface area contributed by atoms with E-state index in [1.807, 2.05) is 48.5 Å². The highest BCUT2D eigenvalue weighted by atomic mass is 16.5. The Hall–Kier alpha value is -3.24. The normalized spacial score (nSPS) is 11.3. The first-order chi connectivity index (χ1) is 12.8. The Bertz CT molecular complexity index is 1240. The quantitative estimate of drug-likeness (QED) is 0.454. The van der Waals surface area contributed by atoms with Gasteiger partial charge in [-0.05, 0) is 40.1 Å². The van der Waals surface area contributed by atoms with Gasteiger partial charge in [0.25, 0.3) is 0 Å². The third kappa shape index (κ3) is 2.27. The van der Waals surface area contributed by atoms with Crippen LogP contribution in [0.2, 0.25) is 0 Å². The van der Waals surface area contributed by atoms with Gasteiger partial charge in [-0.25, -0.2) is 0 Å². The van der Waals surface area contributed by atoms with Crippen LogP contribution >= 0.6 is 0 Å². The van der Waals surface area contributed by atoms with E-state index in [4.69, 9.17) is 14.1 Å². The van der Waals surface area contributed by atoms with Crippen LogP contribution in [0.15, 0.2) is 83.3 Å². The SMILES string of the molecule is O[B]Oc1cc2ccccc2c2c1oc1ccc(-c3ccccc3)cc12. The van der Waals surface area contributed by atoms with Crippen LogP contribution in [0.3, 0.4) is 0 Å². The molecule has 0 fully saturated rings.